The van der Waals surface area contributed by atoms with Gasteiger partial charge in [-0.15, -0.1) is 11.3 Å². The van der Waals surface area contributed by atoms with Crippen LogP contribution >= 0.6 is 11.3 Å². The highest BCUT2D eigenvalue weighted by Crippen LogP contribution is 2.27. The van der Waals surface area contributed by atoms with E-state index in [2.05, 4.69) is 16.0 Å². The molecule has 3 N–H and O–H groups in total. The molecule has 4 atom stereocenters. The minimum absolute atomic E-state index is 0.0346. The summed E-state index contributed by atoms with van der Waals surface area (Å²) >= 11 is 1.45. The molecule has 0 radical (unpaired) electrons. The van der Waals surface area contributed by atoms with Crippen LogP contribution in [0.1, 0.15) is 49.5 Å². The summed E-state index contributed by atoms with van der Waals surface area (Å²) in [5.74, 6) is -2.24. The average Bonchev–Trinajstić information content (AvgIpc) is 3.66. The van der Waals surface area contributed by atoms with Gasteiger partial charge in [0.05, 0.1) is 18.2 Å². The number of rotatable bonds is 4. The highest BCUT2D eigenvalue weighted by atomic mass is 32.1. The van der Waals surface area contributed by atoms with Gasteiger partial charge in [-0.3, -0.25) is 24.0 Å². The molecule has 44 heavy (non-hydrogen) atoms. The summed E-state index contributed by atoms with van der Waals surface area (Å²) in [7, 11) is 0. The van der Waals surface area contributed by atoms with Crippen LogP contribution in [-0.4, -0.2) is 83.1 Å². The van der Waals surface area contributed by atoms with Crippen LogP contribution in [0.4, 0.5) is 0 Å². The molecule has 3 heterocycles. The van der Waals surface area contributed by atoms with E-state index in [4.69, 9.17) is 0 Å². The van der Waals surface area contributed by atoms with Crippen molar-refractivity contribution in [2.24, 2.45) is 5.92 Å². The van der Waals surface area contributed by atoms with E-state index in [-0.39, 0.29) is 42.6 Å². The number of hydrogen-bond donors (Lipinski definition) is 3. The molecule has 5 amide bonds. The summed E-state index contributed by atoms with van der Waals surface area (Å²) in [5.41, 5.74) is 1.41. The van der Waals surface area contributed by atoms with Gasteiger partial charge in [-0.1, -0.05) is 62.4 Å². The van der Waals surface area contributed by atoms with Crippen molar-refractivity contribution in [3.63, 3.8) is 0 Å². The zero-order valence-corrected chi connectivity index (χ0v) is 26.1. The lowest BCUT2D eigenvalue weighted by Crippen LogP contribution is -2.58. The number of nitrogens with zero attached hydrogens (tertiary/aromatic N) is 2. The third-order valence-electron chi connectivity index (χ3n) is 8.28. The fourth-order valence-electron chi connectivity index (χ4n) is 6.01. The van der Waals surface area contributed by atoms with Gasteiger partial charge in [-0.2, -0.15) is 0 Å². The van der Waals surface area contributed by atoms with Crippen LogP contribution in [-0.2, 0) is 25.6 Å². The van der Waals surface area contributed by atoms with Gasteiger partial charge < -0.3 is 25.8 Å². The van der Waals surface area contributed by atoms with Crippen LogP contribution < -0.4 is 16.0 Å². The largest absolute Gasteiger partial charge is 0.349 e. The number of nitrogens with one attached hydrogen (secondary N) is 3. The van der Waals surface area contributed by atoms with Crippen molar-refractivity contribution in [3.8, 4) is 0 Å². The Morgan fingerprint density at radius 1 is 0.955 bits per heavy atom. The number of fused-ring (bicyclic) bond motifs is 2. The van der Waals surface area contributed by atoms with Gasteiger partial charge >= 0.3 is 0 Å². The summed E-state index contributed by atoms with van der Waals surface area (Å²) < 4.78 is 0.947. The van der Waals surface area contributed by atoms with E-state index in [9.17, 15) is 24.0 Å². The Labute approximate surface area is 261 Å². The molecule has 2 aliphatic heterocycles. The molecule has 11 heteroatoms. The highest BCUT2D eigenvalue weighted by molar-refractivity contribution is 7.17. The predicted molar refractivity (Wildman–Crippen MR) is 169 cm³/mol. The number of hydrogen-bond acceptors (Lipinski definition) is 6. The van der Waals surface area contributed by atoms with Crippen molar-refractivity contribution < 1.29 is 24.0 Å². The van der Waals surface area contributed by atoms with E-state index in [1.54, 1.807) is 12.3 Å². The van der Waals surface area contributed by atoms with Gasteiger partial charge in [-0.25, -0.2) is 0 Å². The summed E-state index contributed by atoms with van der Waals surface area (Å²) in [5, 5.41) is 11.3. The van der Waals surface area contributed by atoms with Gasteiger partial charge in [0.25, 0.3) is 5.91 Å². The molecule has 2 saturated heterocycles. The zero-order chi connectivity index (χ0) is 31.4. The Bertz CT molecular complexity index is 1540. The summed E-state index contributed by atoms with van der Waals surface area (Å²) in [6.07, 6.45) is 1.50. The number of amides is 5. The molecule has 0 unspecified atom stereocenters. The second-order valence-corrected chi connectivity index (χ2v) is 12.8. The van der Waals surface area contributed by atoms with Crippen molar-refractivity contribution in [2.75, 3.05) is 19.6 Å². The van der Waals surface area contributed by atoms with Crippen molar-refractivity contribution in [2.45, 2.75) is 64.2 Å². The van der Waals surface area contributed by atoms with Crippen LogP contribution in [0.2, 0.25) is 0 Å². The van der Waals surface area contributed by atoms with Crippen LogP contribution in [0, 0.1) is 5.92 Å². The molecule has 0 spiro atoms. The number of carbonyl (C=O) groups is 5. The minimum Gasteiger partial charge on any atom is -0.349 e. The number of benzene rings is 2. The molecule has 2 aliphatic rings. The van der Waals surface area contributed by atoms with Crippen LogP contribution in [0.3, 0.4) is 0 Å². The first-order chi connectivity index (χ1) is 21.1. The quantitative estimate of drug-likeness (QED) is 0.415. The van der Waals surface area contributed by atoms with Crippen LogP contribution in [0.5, 0.6) is 0 Å². The topological polar surface area (TPSA) is 128 Å². The monoisotopic (exact) mass is 617 g/mol. The normalized spacial score (nSPS) is 23.9. The van der Waals surface area contributed by atoms with Gasteiger partial charge in [-0.05, 0) is 43.7 Å². The molecule has 10 nitrogen and oxygen atoms in total. The van der Waals surface area contributed by atoms with Gasteiger partial charge in [0.15, 0.2) is 0 Å². The van der Waals surface area contributed by atoms with Crippen molar-refractivity contribution in [3.05, 3.63) is 71.1 Å². The lowest BCUT2D eigenvalue weighted by atomic mass is 10.00. The smallest absolute Gasteiger partial charge is 0.255 e. The summed E-state index contributed by atoms with van der Waals surface area (Å²) in [6, 6.07) is 14.1. The molecule has 0 bridgehead atoms. The Hall–Kier alpha value is -4.25. The van der Waals surface area contributed by atoms with Crippen LogP contribution in [0.15, 0.2) is 60.0 Å². The molecule has 1 aromatic heterocycles. The van der Waals surface area contributed by atoms with Gasteiger partial charge in [0.1, 0.15) is 18.1 Å². The lowest BCUT2D eigenvalue weighted by molar-refractivity contribution is -0.142. The standard InChI is InChI=1S/C33H39N5O5S/c1-20(2)29-31(41)35-23(16-22-10-5-4-6-11-22)17-37(33(43)25-19-44-27-14-8-7-12-24(25)27)18-28(39)34-21(3)32(42)38-15-9-13-26(38)30(40)36-29/h4-8,10-12,14,19-21,23,26,29H,9,13,15-18H2,1-3H3,(H,34,39)(H,35,41)(H,36,40)/t21-,23-,26+,29-/m0/s1. The van der Waals surface area contributed by atoms with Crippen molar-refractivity contribution in [1.82, 2.24) is 25.8 Å². The first kappa shape index (κ1) is 31.2. The molecule has 232 valence electrons. The predicted octanol–water partition coefficient (Wildman–Crippen LogP) is 2.72. The molecule has 0 aliphatic carbocycles. The first-order valence-corrected chi connectivity index (χ1v) is 16.0. The molecule has 0 saturated carbocycles. The molecular weight excluding hydrogens is 578 g/mol. The third kappa shape index (κ3) is 6.93. The van der Waals surface area contributed by atoms with Gasteiger partial charge in [0.2, 0.25) is 23.6 Å². The fourth-order valence-corrected chi connectivity index (χ4v) is 6.94. The number of carbonyl (C=O) groups excluding carboxylic acids is 5. The first-order valence-electron chi connectivity index (χ1n) is 15.1. The lowest BCUT2D eigenvalue weighted by Gasteiger charge is -2.31. The Morgan fingerprint density at radius 2 is 1.68 bits per heavy atom. The van der Waals surface area contributed by atoms with E-state index in [0.717, 1.165) is 15.6 Å². The van der Waals surface area contributed by atoms with Crippen molar-refractivity contribution in [1.29, 1.82) is 0 Å². The van der Waals surface area contributed by atoms with E-state index in [1.807, 2.05) is 68.4 Å². The summed E-state index contributed by atoms with van der Waals surface area (Å²) in [4.78, 5) is 71.1. The molecule has 2 fully saturated rings. The Kier molecular flexibility index (Phi) is 9.63. The maximum atomic E-state index is 14.1. The molecular formula is C33H39N5O5S. The maximum Gasteiger partial charge on any atom is 0.255 e. The highest BCUT2D eigenvalue weighted by Gasteiger charge is 2.39. The maximum absolute atomic E-state index is 14.1. The molecule has 3 aromatic rings. The number of thiophene rings is 1. The fraction of sp³-hybridized carbons (Fsp3) is 0.424. The van der Waals surface area contributed by atoms with E-state index in [1.165, 1.54) is 21.1 Å². The second-order valence-electron chi connectivity index (χ2n) is 11.9. The zero-order valence-electron chi connectivity index (χ0n) is 25.2. The average molecular weight is 618 g/mol. The molecule has 2 aromatic carbocycles. The van der Waals surface area contributed by atoms with Crippen LogP contribution in [0.25, 0.3) is 10.1 Å². The minimum atomic E-state index is -0.902. The molecule has 5 rings (SSSR count). The Morgan fingerprint density at radius 3 is 2.43 bits per heavy atom. The SMILES string of the molecule is CC(C)[C@@H]1NC(=O)[C@H]2CCCN2C(=O)[C@H](C)NC(=O)CN(C(=O)c2csc3ccccc23)C[C@H](Cc2ccccc2)NC1=O. The van der Waals surface area contributed by atoms with E-state index < -0.39 is 30.1 Å². The third-order valence-corrected chi connectivity index (χ3v) is 9.24. The summed E-state index contributed by atoms with van der Waals surface area (Å²) in [6.45, 7) is 5.40. The van der Waals surface area contributed by atoms with Gasteiger partial charge in [0, 0.05) is 28.6 Å². The van der Waals surface area contributed by atoms with E-state index >= 15 is 0 Å². The Balaban J connectivity index is 1.53. The second kappa shape index (κ2) is 13.6. The van der Waals surface area contributed by atoms with Crippen molar-refractivity contribution >= 4 is 51.0 Å². The van der Waals surface area contributed by atoms with E-state index in [0.29, 0.717) is 31.4 Å².